The van der Waals surface area contributed by atoms with Crippen LogP contribution in [0.25, 0.3) is 11.1 Å². The van der Waals surface area contributed by atoms with Gasteiger partial charge in [-0.15, -0.1) is 0 Å². The Balaban J connectivity index is 0.000000306. The third-order valence-corrected chi connectivity index (χ3v) is 11.8. The molecule has 6 radical (unpaired) electrons. The fraction of sp³-hybridized carbons (Fsp3) is 0.650. The lowest BCUT2D eigenvalue weighted by molar-refractivity contribution is -0.194. The lowest BCUT2D eigenvalue weighted by Gasteiger charge is -2.48. The van der Waals surface area contributed by atoms with Gasteiger partial charge in [0.25, 0.3) is 0 Å². The summed E-state index contributed by atoms with van der Waals surface area (Å²) in [4.78, 5) is 24.4. The van der Waals surface area contributed by atoms with E-state index in [-0.39, 0.29) is 17.6 Å². The number of aliphatic carboxylic acids is 1. The number of carbonyl (C=O) groups is 2. The van der Waals surface area contributed by atoms with Gasteiger partial charge in [-0.25, -0.2) is 4.39 Å². The van der Waals surface area contributed by atoms with Gasteiger partial charge in [0.05, 0.1) is 6.10 Å². The number of ketones is 1. The highest BCUT2D eigenvalue weighted by Crippen LogP contribution is 2.49. The molecule has 11 heteroatoms. The largest absolute Gasteiger partial charge is 0.490 e. The Hall–Kier alpha value is -2.62. The first-order valence-corrected chi connectivity index (χ1v) is 18.8. The molecule has 0 aliphatic heterocycles. The Kier molecular flexibility index (Phi) is 13.4. The average molecular weight is 698 g/mol. The summed E-state index contributed by atoms with van der Waals surface area (Å²) in [7, 11) is 16.6. The number of hydrogen-bond acceptors (Lipinski definition) is 6. The molecular weight excluding hydrogens is 644 g/mol. The minimum Gasteiger partial charge on any atom is -0.490 e. The number of benzene rings is 2. The Morgan fingerprint density at radius 1 is 0.961 bits per heavy atom. The van der Waals surface area contributed by atoms with E-state index in [1.165, 1.54) is 56.0 Å². The van der Waals surface area contributed by atoms with Crippen LogP contribution >= 0.6 is 0 Å². The molecule has 3 saturated carbocycles. The maximum absolute atomic E-state index is 15.1. The molecule has 0 spiro atoms. The fourth-order valence-electron chi connectivity index (χ4n) is 8.19. The summed E-state index contributed by atoms with van der Waals surface area (Å²) in [5.74, 6) is -0.499. The topological polar surface area (TPSA) is 124 Å². The lowest BCUT2D eigenvalue weighted by atomic mass is 9.43. The number of rotatable bonds is 15. The molecule has 3 aliphatic rings. The van der Waals surface area contributed by atoms with E-state index < -0.39 is 28.3 Å². The second-order valence-electron chi connectivity index (χ2n) is 15.8. The molecule has 5 rings (SSSR count). The highest BCUT2D eigenvalue weighted by atomic mass is 19.1. The number of aliphatic hydroxyl groups is 3. The number of hydrogen-bond donors (Lipinski definition) is 4. The molecule has 2 aromatic carbocycles. The molecule has 3 unspecified atom stereocenters. The van der Waals surface area contributed by atoms with E-state index in [0.29, 0.717) is 45.5 Å². The normalized spacial score (nSPS) is 20.2. The Bertz CT molecular complexity index is 1490. The van der Waals surface area contributed by atoms with Gasteiger partial charge in [-0.3, -0.25) is 9.59 Å². The van der Waals surface area contributed by atoms with Gasteiger partial charge in [0, 0.05) is 23.3 Å². The highest BCUT2D eigenvalue weighted by molar-refractivity contribution is 6.42. The second kappa shape index (κ2) is 16.6. The molecule has 7 nitrogen and oxygen atoms in total. The number of carboxylic acid groups (broad SMARTS) is 1. The van der Waals surface area contributed by atoms with Crippen molar-refractivity contribution in [2.24, 2.45) is 17.3 Å². The zero-order chi connectivity index (χ0) is 37.8. The van der Waals surface area contributed by atoms with Gasteiger partial charge < -0.3 is 25.2 Å². The molecular formula is C40H54B3FO7. The molecule has 2 aromatic rings. The molecule has 3 atom stereocenters. The predicted octanol–water partition coefficient (Wildman–Crippen LogP) is 6.79. The zero-order valence-electron chi connectivity index (χ0n) is 30.8. The van der Waals surface area contributed by atoms with Crippen molar-refractivity contribution in [3.63, 3.8) is 0 Å². The number of Topliss-reactive ketones (excluding diaryl/α,β-unsaturated/α-hetero) is 1. The third-order valence-electron chi connectivity index (χ3n) is 11.8. The number of carboxylic acids is 1. The van der Waals surface area contributed by atoms with Crippen LogP contribution in [0.3, 0.4) is 0 Å². The van der Waals surface area contributed by atoms with E-state index in [2.05, 4.69) is 20.8 Å². The third kappa shape index (κ3) is 8.96. The van der Waals surface area contributed by atoms with Crippen molar-refractivity contribution in [3.05, 3.63) is 53.3 Å². The number of carbonyl (C=O) groups excluding carboxylic acids is 1. The maximum atomic E-state index is 15.1. The maximum Gasteiger partial charge on any atom is 0.320 e. The van der Waals surface area contributed by atoms with Crippen molar-refractivity contribution in [3.8, 4) is 16.9 Å². The van der Waals surface area contributed by atoms with Crippen LogP contribution in [0.2, 0.25) is 0 Å². The van der Waals surface area contributed by atoms with Crippen LogP contribution in [-0.4, -0.2) is 72.9 Å². The number of halogens is 1. The van der Waals surface area contributed by atoms with Crippen molar-refractivity contribution in [1.82, 2.24) is 0 Å². The first-order chi connectivity index (χ1) is 23.9. The average Bonchev–Trinajstić information content (AvgIpc) is 3.52. The van der Waals surface area contributed by atoms with Crippen LogP contribution in [-0.2, 0) is 15.0 Å². The van der Waals surface area contributed by atoms with Gasteiger partial charge in [0.15, 0.2) is 7.85 Å². The predicted molar refractivity (Wildman–Crippen MR) is 199 cm³/mol. The molecule has 51 heavy (non-hydrogen) atoms. The summed E-state index contributed by atoms with van der Waals surface area (Å²) >= 11 is 0. The second-order valence-corrected chi connectivity index (χ2v) is 15.8. The first-order valence-electron chi connectivity index (χ1n) is 18.8. The summed E-state index contributed by atoms with van der Waals surface area (Å²) in [6.45, 7) is 8.88. The van der Waals surface area contributed by atoms with Crippen LogP contribution in [0.1, 0.15) is 135 Å². The smallest absolute Gasteiger partial charge is 0.320 e. The summed E-state index contributed by atoms with van der Waals surface area (Å²) in [5, 5.41) is 38.0. The zero-order valence-corrected chi connectivity index (χ0v) is 30.8. The standard InChI is InChI=1S/C25H26B3FO6.C15H28O/c26-24(27,32)23(22(30)31,25(28,33)34)15-11-12-20(35-16-7-1-2-8-16)18(13-15)17-9-4-10-19(29)21(17)14-5-3-6-14;1-5-12(3)10-13(14(16)6-2)11-15(4)8-7-9-15/h4,9-14,16,32-34H,1-3,5-8H2,(H,30,31);12-13H,5-11H2,1-4H3. The summed E-state index contributed by atoms with van der Waals surface area (Å²) in [6.07, 6.45) is 14.4. The quantitative estimate of drug-likeness (QED) is 0.119. The Morgan fingerprint density at radius 2 is 1.61 bits per heavy atom. The van der Waals surface area contributed by atoms with Crippen molar-refractivity contribution in [1.29, 1.82) is 0 Å². The molecule has 0 saturated heterocycles. The van der Waals surface area contributed by atoms with Crippen LogP contribution in [0.5, 0.6) is 5.75 Å². The van der Waals surface area contributed by atoms with Crippen LogP contribution < -0.4 is 4.74 Å². The molecule has 0 heterocycles. The van der Waals surface area contributed by atoms with E-state index >= 15 is 4.39 Å². The van der Waals surface area contributed by atoms with Gasteiger partial charge >= 0.3 is 5.97 Å². The number of ether oxygens (including phenoxy) is 1. The monoisotopic (exact) mass is 698 g/mol. The van der Waals surface area contributed by atoms with Crippen molar-refractivity contribution in [2.75, 3.05) is 0 Å². The molecule has 4 N–H and O–H groups in total. The van der Waals surface area contributed by atoms with E-state index in [1.54, 1.807) is 6.07 Å². The molecule has 272 valence electrons. The highest BCUT2D eigenvalue weighted by Gasteiger charge is 2.61. The lowest BCUT2D eigenvalue weighted by Crippen LogP contribution is -2.70. The minimum atomic E-state index is -3.57. The Morgan fingerprint density at radius 3 is 2.08 bits per heavy atom. The summed E-state index contributed by atoms with van der Waals surface area (Å²) < 4.78 is 21.3. The molecule has 0 bridgehead atoms. The Labute approximate surface area is 307 Å². The van der Waals surface area contributed by atoms with Crippen LogP contribution in [0.4, 0.5) is 4.39 Å². The van der Waals surface area contributed by atoms with Crippen LogP contribution in [0.15, 0.2) is 36.4 Å². The fourth-order valence-corrected chi connectivity index (χ4v) is 8.19. The van der Waals surface area contributed by atoms with Gasteiger partial charge in [-0.05, 0) is 116 Å². The van der Waals surface area contributed by atoms with Gasteiger partial charge in [0.1, 0.15) is 44.1 Å². The minimum absolute atomic E-state index is 0.0244. The van der Waals surface area contributed by atoms with Crippen molar-refractivity contribution < 1.29 is 39.1 Å². The summed E-state index contributed by atoms with van der Waals surface area (Å²) in [5.41, 5.74) is -5.37. The van der Waals surface area contributed by atoms with Gasteiger partial charge in [0.2, 0.25) is 0 Å². The van der Waals surface area contributed by atoms with E-state index in [4.69, 9.17) is 28.3 Å². The molecule has 0 amide bonds. The SMILES string of the molecule is CCC(=O)C(CC(C)CC)CC1(C)CCC1.[B]C([B])(O)C(C(=O)O)(c1ccc(OC2CCCC2)c(-c2cccc(F)c2C2CCC2)c1)C([B])(O)O. The van der Waals surface area contributed by atoms with Crippen molar-refractivity contribution >= 4 is 35.3 Å². The molecule has 3 aliphatic carbocycles. The van der Waals surface area contributed by atoms with Crippen LogP contribution in [0, 0.1) is 23.1 Å². The summed E-state index contributed by atoms with van der Waals surface area (Å²) in [6, 6.07) is 8.52. The van der Waals surface area contributed by atoms with Gasteiger partial charge in [-0.2, -0.15) is 0 Å². The van der Waals surface area contributed by atoms with E-state index in [1.807, 2.05) is 6.92 Å². The van der Waals surface area contributed by atoms with E-state index in [9.17, 15) is 30.0 Å². The van der Waals surface area contributed by atoms with E-state index in [0.717, 1.165) is 64.2 Å². The first kappa shape index (κ1) is 41.1. The van der Waals surface area contributed by atoms with Crippen molar-refractivity contribution in [2.45, 2.75) is 146 Å². The molecule has 3 fully saturated rings. The van der Waals surface area contributed by atoms with Gasteiger partial charge in [-0.1, -0.05) is 65.2 Å². The molecule has 0 aromatic heterocycles.